The third-order valence-corrected chi connectivity index (χ3v) is 5.00. The number of nitrogens with zero attached hydrogens (tertiary/aromatic N) is 1. The highest BCUT2D eigenvalue weighted by atomic mass is 16.6. The van der Waals surface area contributed by atoms with E-state index in [0.29, 0.717) is 11.1 Å². The number of hydrogen-bond donors (Lipinski definition) is 0. The molecule has 1 aliphatic carbocycles. The number of rotatable bonds is 5. The van der Waals surface area contributed by atoms with Crippen molar-refractivity contribution in [2.24, 2.45) is 0 Å². The van der Waals surface area contributed by atoms with E-state index in [1.165, 1.54) is 42.5 Å². The molecule has 29 heavy (non-hydrogen) atoms. The summed E-state index contributed by atoms with van der Waals surface area (Å²) >= 11 is 0. The van der Waals surface area contributed by atoms with Gasteiger partial charge in [0, 0.05) is 29.1 Å². The average Bonchev–Trinajstić information content (AvgIpc) is 3.16. The molecule has 3 aromatic rings. The Morgan fingerprint density at radius 3 is 2.66 bits per heavy atom. The van der Waals surface area contributed by atoms with E-state index in [4.69, 9.17) is 9.15 Å². The fourth-order valence-corrected chi connectivity index (χ4v) is 3.60. The molecule has 8 nitrogen and oxygen atoms in total. The van der Waals surface area contributed by atoms with Crippen LogP contribution in [-0.2, 0) is 24.2 Å². The first-order valence-electron chi connectivity index (χ1n) is 9.04. The standard InChI is InChI=1S/C21H17NO7/c1-27-21(24)14-5-6-17(22(25)26)19(9-14)28-11-15-10-20(23)29-18-8-13-4-2-3-12(13)7-16(15)18/h5-10H,2-4,11H2,1H3. The van der Waals surface area contributed by atoms with Gasteiger partial charge in [0.2, 0.25) is 0 Å². The summed E-state index contributed by atoms with van der Waals surface area (Å²) in [7, 11) is 1.22. The molecule has 0 bridgehead atoms. The Balaban J connectivity index is 1.72. The molecule has 0 spiro atoms. The molecular formula is C21H17NO7. The molecule has 148 valence electrons. The SMILES string of the molecule is COC(=O)c1ccc([N+](=O)[O-])c(OCc2cc(=O)oc3cc4c(cc23)CCC4)c1. The monoisotopic (exact) mass is 395 g/mol. The predicted octanol–water partition coefficient (Wildman–Crippen LogP) is 3.56. The lowest BCUT2D eigenvalue weighted by Gasteiger charge is -2.11. The van der Waals surface area contributed by atoms with Crippen LogP contribution in [0.1, 0.15) is 33.5 Å². The Bertz CT molecular complexity index is 1200. The first-order chi connectivity index (χ1) is 14.0. The summed E-state index contributed by atoms with van der Waals surface area (Å²) in [5.74, 6) is -0.716. The molecule has 8 heteroatoms. The summed E-state index contributed by atoms with van der Waals surface area (Å²) in [5.41, 5.74) is 2.71. The second-order valence-corrected chi connectivity index (χ2v) is 6.78. The normalized spacial score (nSPS) is 12.6. The number of methoxy groups -OCH3 is 1. The number of nitro benzene ring substituents is 1. The summed E-state index contributed by atoms with van der Waals surface area (Å²) in [6.07, 6.45) is 2.95. The molecule has 0 radical (unpaired) electrons. The highest BCUT2D eigenvalue weighted by Crippen LogP contribution is 2.31. The molecule has 1 aliphatic rings. The molecular weight excluding hydrogens is 378 g/mol. The molecule has 0 saturated carbocycles. The Morgan fingerprint density at radius 1 is 1.17 bits per heavy atom. The van der Waals surface area contributed by atoms with Crippen molar-refractivity contribution >= 4 is 22.6 Å². The van der Waals surface area contributed by atoms with Crippen LogP contribution in [0.25, 0.3) is 11.0 Å². The summed E-state index contributed by atoms with van der Waals surface area (Å²) < 4.78 is 15.7. The van der Waals surface area contributed by atoms with E-state index in [2.05, 4.69) is 4.74 Å². The van der Waals surface area contributed by atoms with Crippen LogP contribution in [0, 0.1) is 10.1 Å². The fraction of sp³-hybridized carbons (Fsp3) is 0.238. The van der Waals surface area contributed by atoms with E-state index >= 15 is 0 Å². The number of nitro groups is 1. The zero-order chi connectivity index (χ0) is 20.5. The second-order valence-electron chi connectivity index (χ2n) is 6.78. The topological polar surface area (TPSA) is 109 Å². The maximum absolute atomic E-state index is 12.0. The lowest BCUT2D eigenvalue weighted by Crippen LogP contribution is -2.07. The molecule has 2 aromatic carbocycles. The van der Waals surface area contributed by atoms with E-state index in [9.17, 15) is 19.7 Å². The van der Waals surface area contributed by atoms with Gasteiger partial charge in [-0.15, -0.1) is 0 Å². The van der Waals surface area contributed by atoms with Crippen LogP contribution in [0.5, 0.6) is 5.75 Å². The average molecular weight is 395 g/mol. The van der Waals surface area contributed by atoms with E-state index in [-0.39, 0.29) is 23.6 Å². The zero-order valence-corrected chi connectivity index (χ0v) is 15.6. The number of carbonyl (C=O) groups is 1. The molecule has 1 aromatic heterocycles. The number of hydrogen-bond acceptors (Lipinski definition) is 7. The Morgan fingerprint density at radius 2 is 1.93 bits per heavy atom. The molecule has 0 fully saturated rings. The molecule has 0 amide bonds. The molecule has 4 rings (SSSR count). The van der Waals surface area contributed by atoms with Crippen molar-refractivity contribution in [1.29, 1.82) is 0 Å². The third kappa shape index (κ3) is 3.56. The van der Waals surface area contributed by atoms with Crippen LogP contribution in [0.4, 0.5) is 5.69 Å². The van der Waals surface area contributed by atoms with E-state index < -0.39 is 16.5 Å². The lowest BCUT2D eigenvalue weighted by atomic mass is 10.0. The Labute approximate surface area is 164 Å². The number of esters is 1. The number of benzene rings is 2. The number of carbonyl (C=O) groups excluding carboxylic acids is 1. The van der Waals surface area contributed by atoms with Gasteiger partial charge in [0.25, 0.3) is 0 Å². The van der Waals surface area contributed by atoms with Gasteiger partial charge < -0.3 is 13.9 Å². The Hall–Kier alpha value is -3.68. The van der Waals surface area contributed by atoms with E-state index in [0.717, 1.165) is 24.6 Å². The highest BCUT2D eigenvalue weighted by Gasteiger charge is 2.20. The summed E-state index contributed by atoms with van der Waals surface area (Å²) in [6.45, 7) is -0.0909. The number of fused-ring (bicyclic) bond motifs is 2. The smallest absolute Gasteiger partial charge is 0.337 e. The van der Waals surface area contributed by atoms with Crippen LogP contribution < -0.4 is 10.4 Å². The zero-order valence-electron chi connectivity index (χ0n) is 15.6. The van der Waals surface area contributed by atoms with Crippen molar-refractivity contribution in [3.8, 4) is 5.75 Å². The van der Waals surface area contributed by atoms with Crippen molar-refractivity contribution in [1.82, 2.24) is 0 Å². The van der Waals surface area contributed by atoms with Gasteiger partial charge >= 0.3 is 17.3 Å². The summed E-state index contributed by atoms with van der Waals surface area (Å²) in [6, 6.07) is 8.93. The summed E-state index contributed by atoms with van der Waals surface area (Å²) in [5, 5.41) is 12.1. The van der Waals surface area contributed by atoms with Gasteiger partial charge in [-0.05, 0) is 48.6 Å². The van der Waals surface area contributed by atoms with Crippen molar-refractivity contribution in [2.45, 2.75) is 25.9 Å². The summed E-state index contributed by atoms with van der Waals surface area (Å²) in [4.78, 5) is 34.5. The number of aryl methyl sites for hydroxylation is 2. The van der Waals surface area contributed by atoms with Gasteiger partial charge in [-0.2, -0.15) is 0 Å². The second kappa shape index (κ2) is 7.38. The predicted molar refractivity (Wildman–Crippen MR) is 103 cm³/mol. The molecule has 0 N–H and O–H groups in total. The highest BCUT2D eigenvalue weighted by molar-refractivity contribution is 5.90. The maximum atomic E-state index is 12.0. The molecule has 0 unspecified atom stereocenters. The van der Waals surface area contributed by atoms with Gasteiger partial charge in [-0.1, -0.05) is 0 Å². The van der Waals surface area contributed by atoms with Gasteiger partial charge in [-0.25, -0.2) is 9.59 Å². The largest absolute Gasteiger partial charge is 0.482 e. The van der Waals surface area contributed by atoms with Crippen molar-refractivity contribution in [3.63, 3.8) is 0 Å². The van der Waals surface area contributed by atoms with Gasteiger partial charge in [-0.3, -0.25) is 10.1 Å². The van der Waals surface area contributed by atoms with E-state index in [1.54, 1.807) is 0 Å². The lowest BCUT2D eigenvalue weighted by molar-refractivity contribution is -0.385. The van der Waals surface area contributed by atoms with Gasteiger partial charge in [0.1, 0.15) is 12.2 Å². The molecule has 1 heterocycles. The minimum atomic E-state index is -0.633. The van der Waals surface area contributed by atoms with Crippen LogP contribution in [-0.4, -0.2) is 18.0 Å². The minimum Gasteiger partial charge on any atom is -0.482 e. The van der Waals surface area contributed by atoms with Crippen molar-refractivity contribution in [2.75, 3.05) is 7.11 Å². The molecule has 0 aliphatic heterocycles. The minimum absolute atomic E-state index is 0.0829. The van der Waals surface area contributed by atoms with Gasteiger partial charge in [0.05, 0.1) is 17.6 Å². The van der Waals surface area contributed by atoms with Crippen molar-refractivity contribution < 1.29 is 23.6 Å². The van der Waals surface area contributed by atoms with Gasteiger partial charge in [0.15, 0.2) is 5.75 Å². The van der Waals surface area contributed by atoms with E-state index in [1.807, 2.05) is 12.1 Å². The quantitative estimate of drug-likeness (QED) is 0.281. The number of ether oxygens (including phenoxy) is 2. The maximum Gasteiger partial charge on any atom is 0.337 e. The third-order valence-electron chi connectivity index (χ3n) is 5.00. The molecule has 0 saturated heterocycles. The fourth-order valence-electron chi connectivity index (χ4n) is 3.60. The first-order valence-corrected chi connectivity index (χ1v) is 9.04. The first kappa shape index (κ1) is 18.7. The Kier molecular flexibility index (Phi) is 4.75. The molecule has 0 atom stereocenters. The van der Waals surface area contributed by atoms with Crippen LogP contribution >= 0.6 is 0 Å². The van der Waals surface area contributed by atoms with Crippen molar-refractivity contribution in [3.05, 3.63) is 79.2 Å². The van der Waals surface area contributed by atoms with Crippen LogP contribution in [0.15, 0.2) is 45.6 Å². The van der Waals surface area contributed by atoms with Crippen LogP contribution in [0.2, 0.25) is 0 Å². The van der Waals surface area contributed by atoms with Crippen LogP contribution in [0.3, 0.4) is 0 Å².